The standard InChI is InChI=1S/C23H22ClN3O3/c1-15-4-3-10-26-23(15)30-21-13-18(24)7-8-20(21)17(9-11-28)14-27-19-6-2-5-16(12-19)22(25)29/h2-8,10-13,17,27H,9,14H2,1H3,(H2,25,29). The van der Waals surface area contributed by atoms with Crippen molar-refractivity contribution in [1.29, 1.82) is 0 Å². The summed E-state index contributed by atoms with van der Waals surface area (Å²) in [6, 6.07) is 16.0. The van der Waals surface area contributed by atoms with Gasteiger partial charge >= 0.3 is 0 Å². The highest BCUT2D eigenvalue weighted by Gasteiger charge is 2.18. The van der Waals surface area contributed by atoms with Gasteiger partial charge in [-0.3, -0.25) is 4.79 Å². The van der Waals surface area contributed by atoms with Gasteiger partial charge in [-0.05, 0) is 43.3 Å². The summed E-state index contributed by atoms with van der Waals surface area (Å²) < 4.78 is 6.05. The van der Waals surface area contributed by atoms with Gasteiger partial charge in [0.05, 0.1) is 0 Å². The number of nitrogens with one attached hydrogen (secondary N) is 1. The molecule has 1 amide bonds. The van der Waals surface area contributed by atoms with Crippen molar-refractivity contribution in [1.82, 2.24) is 4.98 Å². The molecule has 0 aliphatic heterocycles. The first-order valence-corrected chi connectivity index (χ1v) is 9.82. The molecule has 3 N–H and O–H groups in total. The summed E-state index contributed by atoms with van der Waals surface area (Å²) in [7, 11) is 0. The van der Waals surface area contributed by atoms with Gasteiger partial charge in [0.2, 0.25) is 11.8 Å². The molecule has 154 valence electrons. The van der Waals surface area contributed by atoms with Crippen LogP contribution in [0.1, 0.15) is 33.8 Å². The van der Waals surface area contributed by atoms with Crippen LogP contribution in [-0.2, 0) is 4.79 Å². The molecule has 1 atom stereocenters. The predicted molar refractivity (Wildman–Crippen MR) is 117 cm³/mol. The quantitative estimate of drug-likeness (QED) is 0.485. The third kappa shape index (κ3) is 5.36. The van der Waals surface area contributed by atoms with Gasteiger partial charge in [-0.15, -0.1) is 0 Å². The van der Waals surface area contributed by atoms with Crippen LogP contribution >= 0.6 is 11.6 Å². The van der Waals surface area contributed by atoms with E-state index in [1.807, 2.05) is 31.2 Å². The normalized spacial score (nSPS) is 11.5. The molecule has 6 nitrogen and oxygen atoms in total. The molecule has 0 aliphatic carbocycles. The molecule has 30 heavy (non-hydrogen) atoms. The van der Waals surface area contributed by atoms with E-state index >= 15 is 0 Å². The topological polar surface area (TPSA) is 94.3 Å². The highest BCUT2D eigenvalue weighted by Crippen LogP contribution is 2.35. The van der Waals surface area contributed by atoms with E-state index in [1.165, 1.54) is 0 Å². The number of pyridine rings is 1. The highest BCUT2D eigenvalue weighted by molar-refractivity contribution is 6.30. The number of halogens is 1. The van der Waals surface area contributed by atoms with Crippen LogP contribution in [-0.4, -0.2) is 23.7 Å². The Balaban J connectivity index is 1.86. The Hall–Kier alpha value is -3.38. The first-order valence-electron chi connectivity index (χ1n) is 9.44. The van der Waals surface area contributed by atoms with Crippen molar-refractivity contribution in [3.05, 3.63) is 82.5 Å². The molecule has 1 unspecified atom stereocenters. The maximum Gasteiger partial charge on any atom is 0.248 e. The number of nitrogens with two attached hydrogens (primary N) is 1. The molecule has 3 rings (SSSR count). The number of anilines is 1. The van der Waals surface area contributed by atoms with E-state index in [1.54, 1.807) is 36.5 Å². The zero-order chi connectivity index (χ0) is 21.5. The molecule has 0 radical (unpaired) electrons. The highest BCUT2D eigenvalue weighted by atomic mass is 35.5. The molecule has 1 aromatic heterocycles. The molecular weight excluding hydrogens is 402 g/mol. The van der Waals surface area contributed by atoms with Crippen molar-refractivity contribution in [2.45, 2.75) is 19.3 Å². The van der Waals surface area contributed by atoms with E-state index in [9.17, 15) is 9.59 Å². The van der Waals surface area contributed by atoms with Gasteiger partial charge in [-0.1, -0.05) is 29.8 Å². The van der Waals surface area contributed by atoms with E-state index in [2.05, 4.69) is 10.3 Å². The lowest BCUT2D eigenvalue weighted by Crippen LogP contribution is -2.15. The number of aldehydes is 1. The zero-order valence-electron chi connectivity index (χ0n) is 16.5. The van der Waals surface area contributed by atoms with Crippen LogP contribution in [0.25, 0.3) is 0 Å². The summed E-state index contributed by atoms with van der Waals surface area (Å²) in [6.07, 6.45) is 2.81. The van der Waals surface area contributed by atoms with Gasteiger partial charge in [-0.2, -0.15) is 0 Å². The molecular formula is C23H22ClN3O3. The van der Waals surface area contributed by atoms with Crippen LogP contribution in [0.3, 0.4) is 0 Å². The minimum atomic E-state index is -0.498. The summed E-state index contributed by atoms with van der Waals surface area (Å²) in [5.74, 6) is 0.343. The maximum absolute atomic E-state index is 11.4. The SMILES string of the molecule is Cc1cccnc1Oc1cc(Cl)ccc1C(CC=O)CNc1cccc(C(N)=O)c1. The fourth-order valence-corrected chi connectivity index (χ4v) is 3.24. The molecule has 0 fully saturated rings. The van der Waals surface area contributed by atoms with Crippen LogP contribution < -0.4 is 15.8 Å². The number of hydrogen-bond donors (Lipinski definition) is 2. The van der Waals surface area contributed by atoms with Crippen molar-refractivity contribution >= 4 is 29.5 Å². The average Bonchev–Trinajstić information content (AvgIpc) is 2.73. The number of primary amides is 1. The van der Waals surface area contributed by atoms with Crippen LogP contribution in [0, 0.1) is 6.92 Å². The van der Waals surface area contributed by atoms with Crippen LogP contribution in [0.5, 0.6) is 11.6 Å². The predicted octanol–water partition coefficient (Wildman–Crippen LogP) is 4.72. The second-order valence-corrected chi connectivity index (χ2v) is 7.27. The second kappa shape index (κ2) is 9.89. The molecule has 2 aromatic carbocycles. The molecule has 1 heterocycles. The third-order valence-corrected chi connectivity index (χ3v) is 4.90. The van der Waals surface area contributed by atoms with Crippen molar-refractivity contribution in [3.63, 3.8) is 0 Å². The van der Waals surface area contributed by atoms with Gasteiger partial charge in [-0.25, -0.2) is 4.98 Å². The lowest BCUT2D eigenvalue weighted by atomic mass is 9.95. The molecule has 0 aliphatic rings. The van der Waals surface area contributed by atoms with Gasteiger partial charge in [0, 0.05) is 52.5 Å². The zero-order valence-corrected chi connectivity index (χ0v) is 17.2. The minimum Gasteiger partial charge on any atom is -0.438 e. The van der Waals surface area contributed by atoms with Gasteiger partial charge in [0.15, 0.2) is 0 Å². The number of hydrogen-bond acceptors (Lipinski definition) is 5. The van der Waals surface area contributed by atoms with Crippen molar-refractivity contribution < 1.29 is 14.3 Å². The summed E-state index contributed by atoms with van der Waals surface area (Å²) in [5.41, 5.74) is 8.21. The van der Waals surface area contributed by atoms with E-state index in [-0.39, 0.29) is 12.3 Å². The second-order valence-electron chi connectivity index (χ2n) is 6.83. The Morgan fingerprint density at radius 2 is 2.07 bits per heavy atom. The Kier molecular flexibility index (Phi) is 7.03. The van der Waals surface area contributed by atoms with E-state index in [0.29, 0.717) is 28.8 Å². The minimum absolute atomic E-state index is 0.184. The maximum atomic E-state index is 11.4. The smallest absolute Gasteiger partial charge is 0.248 e. The Bertz CT molecular complexity index is 1060. The van der Waals surface area contributed by atoms with Gasteiger partial charge in [0.25, 0.3) is 0 Å². The number of carbonyl (C=O) groups excluding carboxylic acids is 2. The Labute approximate surface area is 180 Å². The number of ether oxygens (including phenoxy) is 1. The molecule has 0 saturated carbocycles. The lowest BCUT2D eigenvalue weighted by molar-refractivity contribution is -0.108. The molecule has 0 bridgehead atoms. The van der Waals surface area contributed by atoms with Crippen molar-refractivity contribution in [3.8, 4) is 11.6 Å². The van der Waals surface area contributed by atoms with Crippen LogP contribution in [0.4, 0.5) is 5.69 Å². The van der Waals surface area contributed by atoms with Crippen LogP contribution in [0.15, 0.2) is 60.8 Å². The number of nitrogens with zero attached hydrogens (tertiary/aromatic N) is 1. The number of benzene rings is 2. The molecule has 0 saturated heterocycles. The Morgan fingerprint density at radius 3 is 2.80 bits per heavy atom. The van der Waals surface area contributed by atoms with Crippen molar-refractivity contribution in [2.75, 3.05) is 11.9 Å². The van der Waals surface area contributed by atoms with Gasteiger partial charge in [0.1, 0.15) is 12.0 Å². The molecule has 0 spiro atoms. The largest absolute Gasteiger partial charge is 0.438 e. The summed E-state index contributed by atoms with van der Waals surface area (Å²) in [6.45, 7) is 2.35. The van der Waals surface area contributed by atoms with E-state index < -0.39 is 5.91 Å². The van der Waals surface area contributed by atoms with Crippen molar-refractivity contribution in [2.24, 2.45) is 5.73 Å². The number of amides is 1. The molecule has 3 aromatic rings. The fourth-order valence-electron chi connectivity index (χ4n) is 3.08. The monoisotopic (exact) mass is 423 g/mol. The Morgan fingerprint density at radius 1 is 1.23 bits per heavy atom. The number of aryl methyl sites for hydroxylation is 1. The van der Waals surface area contributed by atoms with E-state index in [4.69, 9.17) is 22.1 Å². The summed E-state index contributed by atoms with van der Waals surface area (Å²) >= 11 is 6.20. The summed E-state index contributed by atoms with van der Waals surface area (Å²) in [5, 5.41) is 3.79. The number of rotatable bonds is 9. The van der Waals surface area contributed by atoms with E-state index in [0.717, 1.165) is 23.1 Å². The average molecular weight is 424 g/mol. The summed E-state index contributed by atoms with van der Waals surface area (Å²) in [4.78, 5) is 27.0. The first-order chi connectivity index (χ1) is 14.5. The molecule has 7 heteroatoms. The first kappa shape index (κ1) is 21.3. The fraction of sp³-hybridized carbons (Fsp3) is 0.174. The number of carbonyl (C=O) groups is 2. The third-order valence-electron chi connectivity index (χ3n) is 4.66. The van der Waals surface area contributed by atoms with Gasteiger partial charge < -0.3 is 20.6 Å². The number of aromatic nitrogens is 1. The lowest BCUT2D eigenvalue weighted by Gasteiger charge is -2.20. The van der Waals surface area contributed by atoms with Crippen LogP contribution in [0.2, 0.25) is 5.02 Å².